The summed E-state index contributed by atoms with van der Waals surface area (Å²) in [4.78, 5) is 3.24. The summed E-state index contributed by atoms with van der Waals surface area (Å²) in [6, 6.07) is 6.20. The third-order valence-corrected chi connectivity index (χ3v) is 3.10. The molecule has 0 amide bonds. The normalized spacial score (nSPS) is 13.3. The van der Waals surface area contributed by atoms with E-state index in [1.54, 1.807) is 0 Å². The summed E-state index contributed by atoms with van der Waals surface area (Å²) in [5.41, 5.74) is 2.42. The monoisotopic (exact) mass is 267 g/mol. The highest BCUT2D eigenvalue weighted by Gasteiger charge is 2.07. The Hall–Kier alpha value is -0.800. The molecular weight excluding hydrogens is 254 g/mol. The molecule has 2 nitrogen and oxygen atoms in total. The van der Waals surface area contributed by atoms with Crippen molar-refractivity contribution in [2.24, 2.45) is 5.92 Å². The molecule has 0 spiro atoms. The van der Waals surface area contributed by atoms with Crippen LogP contribution >= 0.6 is 15.9 Å². The molecule has 0 saturated carbocycles. The Morgan fingerprint density at radius 2 is 2.27 bits per heavy atom. The summed E-state index contributed by atoms with van der Waals surface area (Å²) in [6.07, 6.45) is 2.94. The van der Waals surface area contributed by atoms with Gasteiger partial charge in [0, 0.05) is 28.2 Å². The number of hydrogen-bond donors (Lipinski definition) is 2. The maximum absolute atomic E-state index is 9.04. The van der Waals surface area contributed by atoms with E-state index in [0.29, 0.717) is 5.92 Å². The molecule has 1 heterocycles. The largest absolute Gasteiger partial charge is 0.396 e. The first-order chi connectivity index (χ1) is 7.20. The average molecular weight is 268 g/mol. The van der Waals surface area contributed by atoms with Crippen molar-refractivity contribution in [3.63, 3.8) is 0 Å². The summed E-state index contributed by atoms with van der Waals surface area (Å²) >= 11 is 3.47. The van der Waals surface area contributed by atoms with E-state index in [1.807, 2.05) is 12.3 Å². The highest BCUT2D eigenvalue weighted by molar-refractivity contribution is 9.10. The number of aliphatic hydroxyl groups is 1. The number of H-pyrrole nitrogens is 1. The van der Waals surface area contributed by atoms with Gasteiger partial charge in [-0.2, -0.15) is 0 Å². The fourth-order valence-electron chi connectivity index (χ4n) is 1.76. The van der Waals surface area contributed by atoms with Crippen LogP contribution in [0.5, 0.6) is 0 Å². The lowest BCUT2D eigenvalue weighted by Gasteiger charge is -2.06. The topological polar surface area (TPSA) is 36.0 Å². The molecule has 2 N–H and O–H groups in total. The zero-order valence-electron chi connectivity index (χ0n) is 8.63. The highest BCUT2D eigenvalue weighted by Crippen LogP contribution is 2.24. The SMILES string of the molecule is C[C@@H](CO)Cc1c[nH]c2ccc(Br)cc12. The van der Waals surface area contributed by atoms with Gasteiger partial charge in [-0.25, -0.2) is 0 Å². The number of fused-ring (bicyclic) bond motifs is 1. The van der Waals surface area contributed by atoms with Gasteiger partial charge in [-0.1, -0.05) is 22.9 Å². The van der Waals surface area contributed by atoms with Crippen molar-refractivity contribution in [3.8, 4) is 0 Å². The van der Waals surface area contributed by atoms with Gasteiger partial charge in [0.15, 0.2) is 0 Å². The molecule has 0 bridgehead atoms. The summed E-state index contributed by atoms with van der Waals surface area (Å²) in [6.45, 7) is 2.29. The first-order valence-electron chi connectivity index (χ1n) is 5.07. The molecule has 0 aliphatic heterocycles. The van der Waals surface area contributed by atoms with Crippen LogP contribution in [0.2, 0.25) is 0 Å². The van der Waals surface area contributed by atoms with Gasteiger partial charge in [0.1, 0.15) is 0 Å². The summed E-state index contributed by atoms with van der Waals surface area (Å²) in [7, 11) is 0. The van der Waals surface area contributed by atoms with Crippen molar-refractivity contribution in [2.45, 2.75) is 13.3 Å². The molecule has 1 atom stereocenters. The summed E-state index contributed by atoms with van der Waals surface area (Å²) in [5, 5.41) is 10.3. The van der Waals surface area contributed by atoms with E-state index >= 15 is 0 Å². The van der Waals surface area contributed by atoms with Gasteiger partial charge in [-0.3, -0.25) is 0 Å². The molecule has 15 heavy (non-hydrogen) atoms. The van der Waals surface area contributed by atoms with Crippen LogP contribution in [0.15, 0.2) is 28.9 Å². The lowest BCUT2D eigenvalue weighted by atomic mass is 10.0. The number of halogens is 1. The smallest absolute Gasteiger partial charge is 0.0459 e. The quantitative estimate of drug-likeness (QED) is 0.881. The van der Waals surface area contributed by atoms with Crippen LogP contribution in [-0.2, 0) is 6.42 Å². The van der Waals surface area contributed by atoms with Crippen LogP contribution in [0.4, 0.5) is 0 Å². The third-order valence-electron chi connectivity index (χ3n) is 2.61. The number of hydrogen-bond acceptors (Lipinski definition) is 1. The molecule has 1 aromatic heterocycles. The molecule has 3 heteroatoms. The van der Waals surface area contributed by atoms with Crippen LogP contribution in [0, 0.1) is 5.92 Å². The number of aliphatic hydroxyl groups excluding tert-OH is 1. The molecule has 80 valence electrons. The van der Waals surface area contributed by atoms with Gasteiger partial charge in [0.25, 0.3) is 0 Å². The second kappa shape index (κ2) is 4.37. The molecule has 0 aliphatic rings. The van der Waals surface area contributed by atoms with Gasteiger partial charge < -0.3 is 10.1 Å². The van der Waals surface area contributed by atoms with E-state index in [1.165, 1.54) is 10.9 Å². The van der Waals surface area contributed by atoms with Crippen LogP contribution in [0.25, 0.3) is 10.9 Å². The molecular formula is C12H14BrNO. The molecule has 0 saturated heterocycles. The van der Waals surface area contributed by atoms with Crippen LogP contribution in [0.1, 0.15) is 12.5 Å². The Morgan fingerprint density at radius 1 is 1.47 bits per heavy atom. The first kappa shape index (κ1) is 10.7. The van der Waals surface area contributed by atoms with Crippen molar-refractivity contribution >= 4 is 26.8 Å². The van der Waals surface area contributed by atoms with Gasteiger partial charge in [-0.15, -0.1) is 0 Å². The molecule has 0 aliphatic carbocycles. The van der Waals surface area contributed by atoms with Gasteiger partial charge in [0.2, 0.25) is 0 Å². The minimum Gasteiger partial charge on any atom is -0.396 e. The van der Waals surface area contributed by atoms with Crippen molar-refractivity contribution < 1.29 is 5.11 Å². The number of aromatic amines is 1. The van der Waals surface area contributed by atoms with Crippen molar-refractivity contribution in [1.29, 1.82) is 0 Å². The standard InChI is InChI=1S/C12H14BrNO/c1-8(7-15)4-9-6-14-12-3-2-10(13)5-11(9)12/h2-3,5-6,8,14-15H,4,7H2,1H3/t8-/m1/s1. The predicted molar refractivity (Wildman–Crippen MR) is 66.0 cm³/mol. The van der Waals surface area contributed by atoms with Crippen molar-refractivity contribution in [2.75, 3.05) is 6.61 Å². The molecule has 0 fully saturated rings. The fourth-order valence-corrected chi connectivity index (χ4v) is 2.12. The Morgan fingerprint density at radius 3 is 3.00 bits per heavy atom. The van der Waals surface area contributed by atoms with E-state index in [2.05, 4.69) is 40.0 Å². The summed E-state index contributed by atoms with van der Waals surface area (Å²) < 4.78 is 1.09. The summed E-state index contributed by atoms with van der Waals surface area (Å²) in [5.74, 6) is 0.308. The number of benzene rings is 1. The Balaban J connectivity index is 2.39. The van der Waals surface area contributed by atoms with Crippen LogP contribution in [-0.4, -0.2) is 16.7 Å². The maximum atomic E-state index is 9.04. The number of nitrogens with one attached hydrogen (secondary N) is 1. The van der Waals surface area contributed by atoms with E-state index in [4.69, 9.17) is 5.11 Å². The number of aromatic nitrogens is 1. The van der Waals surface area contributed by atoms with Crippen LogP contribution in [0.3, 0.4) is 0 Å². The van der Waals surface area contributed by atoms with E-state index in [-0.39, 0.29) is 6.61 Å². The zero-order valence-corrected chi connectivity index (χ0v) is 10.2. The third kappa shape index (κ3) is 2.24. The molecule has 1 aromatic carbocycles. The van der Waals surface area contributed by atoms with Gasteiger partial charge in [-0.05, 0) is 36.1 Å². The van der Waals surface area contributed by atoms with Gasteiger partial charge >= 0.3 is 0 Å². The van der Waals surface area contributed by atoms with E-state index < -0.39 is 0 Å². The van der Waals surface area contributed by atoms with Crippen molar-refractivity contribution in [1.82, 2.24) is 4.98 Å². The Labute approximate surface area is 97.4 Å². The first-order valence-corrected chi connectivity index (χ1v) is 5.86. The minimum absolute atomic E-state index is 0.237. The van der Waals surface area contributed by atoms with E-state index in [0.717, 1.165) is 16.4 Å². The molecule has 2 aromatic rings. The lowest BCUT2D eigenvalue weighted by molar-refractivity contribution is 0.237. The minimum atomic E-state index is 0.237. The number of rotatable bonds is 3. The second-order valence-electron chi connectivity index (χ2n) is 4.00. The molecule has 2 rings (SSSR count). The fraction of sp³-hybridized carbons (Fsp3) is 0.333. The van der Waals surface area contributed by atoms with Crippen LogP contribution < -0.4 is 0 Å². The van der Waals surface area contributed by atoms with Gasteiger partial charge in [0.05, 0.1) is 0 Å². The molecule has 0 unspecified atom stereocenters. The lowest BCUT2D eigenvalue weighted by Crippen LogP contribution is -2.03. The van der Waals surface area contributed by atoms with Crippen molar-refractivity contribution in [3.05, 3.63) is 34.4 Å². The Kier molecular flexibility index (Phi) is 3.12. The maximum Gasteiger partial charge on any atom is 0.0459 e. The van der Waals surface area contributed by atoms with E-state index in [9.17, 15) is 0 Å². The Bertz CT molecular complexity index is 464. The second-order valence-corrected chi connectivity index (χ2v) is 4.91. The molecule has 0 radical (unpaired) electrons. The highest BCUT2D eigenvalue weighted by atomic mass is 79.9. The average Bonchev–Trinajstić information content (AvgIpc) is 2.61. The zero-order chi connectivity index (χ0) is 10.8. The predicted octanol–water partition coefficient (Wildman–Crippen LogP) is 3.10.